The minimum atomic E-state index is 0. The van der Waals surface area contributed by atoms with Crippen LogP contribution in [0.5, 0.6) is 0 Å². The van der Waals surface area contributed by atoms with E-state index in [9.17, 15) is 0 Å². The predicted octanol–water partition coefficient (Wildman–Crippen LogP) is 2.49. The molecule has 29 heavy (non-hydrogen) atoms. The Hall–Kier alpha value is -0.900. The standard InChI is InChI=1S/C22H37N5O.HI/c1-4-26-10-12-27(13-11-26)17-21-8-6-5-7-20(21)15-24-22(23-2)25(3)16-19-9-14-28-18-19;/h5-8,19H,4,9-18H2,1-3H3,(H,23,24);1H. The number of aliphatic imine (C=N–C) groups is 1. The van der Waals surface area contributed by atoms with E-state index in [4.69, 9.17) is 4.74 Å². The number of nitrogens with zero attached hydrogens (tertiary/aromatic N) is 4. The van der Waals surface area contributed by atoms with Crippen molar-refractivity contribution in [2.45, 2.75) is 26.4 Å². The summed E-state index contributed by atoms with van der Waals surface area (Å²) in [5, 5.41) is 3.56. The number of hydrogen-bond donors (Lipinski definition) is 1. The Morgan fingerprint density at radius 2 is 1.86 bits per heavy atom. The molecule has 3 rings (SSSR count). The third kappa shape index (κ3) is 7.38. The largest absolute Gasteiger partial charge is 0.381 e. The van der Waals surface area contributed by atoms with E-state index in [2.05, 4.69) is 63.2 Å². The van der Waals surface area contributed by atoms with Crippen molar-refractivity contribution in [3.05, 3.63) is 35.4 Å². The lowest BCUT2D eigenvalue weighted by Crippen LogP contribution is -2.45. The Morgan fingerprint density at radius 3 is 2.48 bits per heavy atom. The van der Waals surface area contributed by atoms with Crippen LogP contribution in [0, 0.1) is 5.92 Å². The van der Waals surface area contributed by atoms with E-state index in [0.717, 1.165) is 64.9 Å². The number of likely N-dealkylation sites (N-methyl/N-ethyl adjacent to an activating group) is 1. The van der Waals surface area contributed by atoms with Crippen molar-refractivity contribution in [1.82, 2.24) is 20.0 Å². The molecule has 1 aromatic carbocycles. The van der Waals surface area contributed by atoms with E-state index in [1.165, 1.54) is 24.2 Å². The Morgan fingerprint density at radius 1 is 1.17 bits per heavy atom. The zero-order valence-corrected chi connectivity index (χ0v) is 20.6. The van der Waals surface area contributed by atoms with Gasteiger partial charge in [-0.3, -0.25) is 9.89 Å². The van der Waals surface area contributed by atoms with Crippen LogP contribution in [0.15, 0.2) is 29.3 Å². The van der Waals surface area contributed by atoms with Crippen LogP contribution < -0.4 is 5.32 Å². The summed E-state index contributed by atoms with van der Waals surface area (Å²) < 4.78 is 5.51. The first kappa shape index (κ1) is 24.4. The molecule has 0 spiro atoms. The second-order valence-electron chi connectivity index (χ2n) is 7.99. The van der Waals surface area contributed by atoms with Crippen LogP contribution in [0.2, 0.25) is 0 Å². The molecule has 0 radical (unpaired) electrons. The molecular weight excluding hydrogens is 477 g/mol. The van der Waals surface area contributed by atoms with Crippen LogP contribution in [-0.2, 0) is 17.8 Å². The highest BCUT2D eigenvalue weighted by atomic mass is 127. The van der Waals surface area contributed by atoms with Crippen LogP contribution >= 0.6 is 24.0 Å². The van der Waals surface area contributed by atoms with Crippen LogP contribution in [0.4, 0.5) is 0 Å². The van der Waals surface area contributed by atoms with Crippen LogP contribution in [0.1, 0.15) is 24.5 Å². The minimum absolute atomic E-state index is 0. The number of rotatable bonds is 7. The maximum Gasteiger partial charge on any atom is 0.193 e. The number of guanidine groups is 1. The summed E-state index contributed by atoms with van der Waals surface area (Å²) in [6.07, 6.45) is 1.15. The molecule has 2 aliphatic rings. The van der Waals surface area contributed by atoms with E-state index in [-0.39, 0.29) is 24.0 Å². The molecule has 6 nitrogen and oxygen atoms in total. The number of ether oxygens (including phenoxy) is 1. The summed E-state index contributed by atoms with van der Waals surface area (Å²) in [4.78, 5) is 11.8. The lowest BCUT2D eigenvalue weighted by molar-refractivity contribution is 0.131. The number of piperazine rings is 1. The maximum absolute atomic E-state index is 5.51. The maximum atomic E-state index is 5.51. The molecule has 0 aromatic heterocycles. The van der Waals surface area contributed by atoms with Gasteiger partial charge in [-0.25, -0.2) is 0 Å². The van der Waals surface area contributed by atoms with Crippen LogP contribution in [0.25, 0.3) is 0 Å². The fourth-order valence-electron chi connectivity index (χ4n) is 4.15. The number of hydrogen-bond acceptors (Lipinski definition) is 4. The average Bonchev–Trinajstić information content (AvgIpc) is 3.23. The first-order valence-corrected chi connectivity index (χ1v) is 10.7. The van der Waals surface area contributed by atoms with Crippen molar-refractivity contribution >= 4 is 29.9 Å². The SMILES string of the molecule is CCN1CCN(Cc2ccccc2CNC(=NC)N(C)CC2CCOC2)CC1.I. The van der Waals surface area contributed by atoms with Gasteiger partial charge in [-0.2, -0.15) is 0 Å². The van der Waals surface area contributed by atoms with Crippen molar-refractivity contribution < 1.29 is 4.74 Å². The number of nitrogens with one attached hydrogen (secondary N) is 1. The van der Waals surface area contributed by atoms with Gasteiger partial charge in [-0.05, 0) is 24.1 Å². The molecule has 1 atom stereocenters. The van der Waals surface area contributed by atoms with Gasteiger partial charge in [0.25, 0.3) is 0 Å². The van der Waals surface area contributed by atoms with Crippen molar-refractivity contribution in [3.63, 3.8) is 0 Å². The van der Waals surface area contributed by atoms with E-state index in [1.54, 1.807) is 0 Å². The van der Waals surface area contributed by atoms with Crippen molar-refractivity contribution in [2.24, 2.45) is 10.9 Å². The summed E-state index contributed by atoms with van der Waals surface area (Å²) in [7, 11) is 3.98. The molecule has 2 saturated heterocycles. The molecule has 1 aromatic rings. The van der Waals surface area contributed by atoms with Crippen LogP contribution in [0.3, 0.4) is 0 Å². The third-order valence-electron chi connectivity index (χ3n) is 5.99. The van der Waals surface area contributed by atoms with Gasteiger partial charge in [0.15, 0.2) is 5.96 Å². The molecule has 1 N–H and O–H groups in total. The molecule has 1 unspecified atom stereocenters. The minimum Gasteiger partial charge on any atom is -0.381 e. The summed E-state index contributed by atoms with van der Waals surface area (Å²) in [5.41, 5.74) is 2.78. The van der Waals surface area contributed by atoms with Crippen molar-refractivity contribution in [2.75, 3.05) is 66.6 Å². The van der Waals surface area contributed by atoms with Gasteiger partial charge < -0.3 is 19.9 Å². The molecule has 2 aliphatic heterocycles. The second kappa shape index (κ2) is 12.7. The molecule has 0 saturated carbocycles. The molecule has 0 bridgehead atoms. The quantitative estimate of drug-likeness (QED) is 0.344. The summed E-state index contributed by atoms with van der Waals surface area (Å²) in [6, 6.07) is 8.80. The Labute approximate surface area is 193 Å². The Balaban J connectivity index is 0.00000300. The monoisotopic (exact) mass is 515 g/mol. The van der Waals surface area contributed by atoms with Gasteiger partial charge in [-0.15, -0.1) is 24.0 Å². The molecular formula is C22H38IN5O. The molecule has 2 heterocycles. The zero-order valence-electron chi connectivity index (χ0n) is 18.3. The normalized spacial score (nSPS) is 21.1. The van der Waals surface area contributed by atoms with Gasteiger partial charge in [0.05, 0.1) is 6.61 Å². The highest BCUT2D eigenvalue weighted by Crippen LogP contribution is 2.15. The van der Waals surface area contributed by atoms with Gasteiger partial charge in [0.2, 0.25) is 0 Å². The average molecular weight is 515 g/mol. The van der Waals surface area contributed by atoms with Gasteiger partial charge in [0, 0.05) is 72.4 Å². The molecule has 2 fully saturated rings. The van der Waals surface area contributed by atoms with Gasteiger partial charge >= 0.3 is 0 Å². The molecule has 7 heteroatoms. The van der Waals surface area contributed by atoms with E-state index >= 15 is 0 Å². The lowest BCUT2D eigenvalue weighted by atomic mass is 10.1. The Bertz CT molecular complexity index is 627. The summed E-state index contributed by atoms with van der Waals surface area (Å²) >= 11 is 0. The second-order valence-corrected chi connectivity index (χ2v) is 7.99. The predicted molar refractivity (Wildman–Crippen MR) is 131 cm³/mol. The summed E-state index contributed by atoms with van der Waals surface area (Å²) in [5.74, 6) is 1.57. The third-order valence-corrected chi connectivity index (χ3v) is 5.99. The lowest BCUT2D eigenvalue weighted by Gasteiger charge is -2.34. The zero-order chi connectivity index (χ0) is 19.8. The first-order chi connectivity index (χ1) is 13.7. The number of benzene rings is 1. The highest BCUT2D eigenvalue weighted by molar-refractivity contribution is 14.0. The first-order valence-electron chi connectivity index (χ1n) is 10.7. The smallest absolute Gasteiger partial charge is 0.193 e. The van der Waals surface area contributed by atoms with Gasteiger partial charge in [0.1, 0.15) is 0 Å². The van der Waals surface area contributed by atoms with E-state index in [0.29, 0.717) is 5.92 Å². The molecule has 0 aliphatic carbocycles. The molecule has 0 amide bonds. The van der Waals surface area contributed by atoms with Crippen molar-refractivity contribution in [1.29, 1.82) is 0 Å². The fraction of sp³-hybridized carbons (Fsp3) is 0.682. The van der Waals surface area contributed by atoms with Crippen LogP contribution in [-0.4, -0.2) is 87.2 Å². The van der Waals surface area contributed by atoms with Crippen molar-refractivity contribution in [3.8, 4) is 0 Å². The van der Waals surface area contributed by atoms with E-state index < -0.39 is 0 Å². The topological polar surface area (TPSA) is 43.3 Å². The Kier molecular flexibility index (Phi) is 10.7. The molecule has 164 valence electrons. The fourth-order valence-corrected chi connectivity index (χ4v) is 4.15. The number of halogens is 1. The highest BCUT2D eigenvalue weighted by Gasteiger charge is 2.20. The van der Waals surface area contributed by atoms with E-state index in [1.807, 2.05) is 7.05 Å². The summed E-state index contributed by atoms with van der Waals surface area (Å²) in [6.45, 7) is 12.7. The van der Waals surface area contributed by atoms with Gasteiger partial charge in [-0.1, -0.05) is 31.2 Å².